The first kappa shape index (κ1) is 16.2. The molecule has 0 spiro atoms. The molecule has 0 unspecified atom stereocenters. The second kappa shape index (κ2) is 6.70. The maximum atomic E-state index is 12.1. The van der Waals surface area contributed by atoms with Crippen LogP contribution in [0.1, 0.15) is 45.1 Å². The normalized spacial score (nSPS) is 10.6. The van der Waals surface area contributed by atoms with Crippen LogP contribution in [-0.4, -0.2) is 23.0 Å². The smallest absolute Gasteiger partial charge is 0.350 e. The minimum atomic E-state index is -0.416. The predicted octanol–water partition coefficient (Wildman–Crippen LogP) is 3.58. The maximum Gasteiger partial charge on any atom is 0.350 e. The van der Waals surface area contributed by atoms with Gasteiger partial charge in [-0.05, 0) is 39.8 Å². The molecule has 0 radical (unpaired) electrons. The Morgan fingerprint density at radius 2 is 1.82 bits per heavy atom. The lowest BCUT2D eigenvalue weighted by Gasteiger charge is -2.05. The van der Waals surface area contributed by atoms with E-state index in [-0.39, 0.29) is 12.0 Å². The molecule has 1 aromatic heterocycles. The van der Waals surface area contributed by atoms with Crippen molar-refractivity contribution < 1.29 is 14.3 Å². The molecule has 0 aliphatic rings. The van der Waals surface area contributed by atoms with Crippen LogP contribution >= 0.6 is 11.3 Å². The summed E-state index contributed by atoms with van der Waals surface area (Å²) in [5.74, 6) is -0.668. The minimum Gasteiger partial charge on any atom is -0.459 e. The number of nitrogens with one attached hydrogen (secondary N) is 1. The molecule has 1 amide bonds. The first-order chi connectivity index (χ1) is 10.4. The van der Waals surface area contributed by atoms with Gasteiger partial charge in [0.25, 0.3) is 5.91 Å². The van der Waals surface area contributed by atoms with Gasteiger partial charge >= 0.3 is 5.97 Å². The fourth-order valence-electron chi connectivity index (χ4n) is 1.78. The van der Waals surface area contributed by atoms with Gasteiger partial charge < -0.3 is 4.74 Å². The molecule has 1 N–H and O–H groups in total. The van der Waals surface area contributed by atoms with Crippen LogP contribution in [0.3, 0.4) is 0 Å². The fraction of sp³-hybridized carbons (Fsp3) is 0.312. The number of benzene rings is 1. The fourth-order valence-corrected chi connectivity index (χ4v) is 2.63. The van der Waals surface area contributed by atoms with Gasteiger partial charge in [-0.2, -0.15) is 0 Å². The Morgan fingerprint density at radius 1 is 1.18 bits per heavy atom. The van der Waals surface area contributed by atoms with Gasteiger partial charge in [0.15, 0.2) is 5.13 Å². The molecule has 0 atom stereocenters. The van der Waals surface area contributed by atoms with Crippen molar-refractivity contribution in [2.75, 3.05) is 5.32 Å². The highest BCUT2D eigenvalue weighted by molar-refractivity contribution is 7.17. The van der Waals surface area contributed by atoms with Crippen LogP contribution in [0.5, 0.6) is 0 Å². The second-order valence-electron chi connectivity index (χ2n) is 5.21. The zero-order chi connectivity index (χ0) is 16.3. The van der Waals surface area contributed by atoms with E-state index in [0.29, 0.717) is 21.3 Å². The number of hydrogen-bond donors (Lipinski definition) is 1. The topological polar surface area (TPSA) is 68.3 Å². The first-order valence-electron chi connectivity index (χ1n) is 6.93. The zero-order valence-corrected chi connectivity index (χ0v) is 13.8. The SMILES string of the molecule is Cc1ccc(C(=O)Nc2nc(C)c(C(=O)OC(C)C)s2)cc1. The summed E-state index contributed by atoms with van der Waals surface area (Å²) in [6.45, 7) is 7.25. The molecule has 0 aliphatic carbocycles. The molecule has 6 heteroatoms. The largest absolute Gasteiger partial charge is 0.459 e. The summed E-state index contributed by atoms with van der Waals surface area (Å²) in [5.41, 5.74) is 2.18. The Labute approximate surface area is 133 Å². The molecule has 22 heavy (non-hydrogen) atoms. The van der Waals surface area contributed by atoms with Crippen molar-refractivity contribution >= 4 is 28.3 Å². The molecule has 0 fully saturated rings. The standard InChI is InChI=1S/C16H18N2O3S/c1-9(2)21-15(20)13-11(4)17-16(22-13)18-14(19)12-7-5-10(3)6-8-12/h5-9H,1-4H3,(H,17,18,19). The Kier molecular flexibility index (Phi) is 4.92. The van der Waals surface area contributed by atoms with E-state index >= 15 is 0 Å². The maximum absolute atomic E-state index is 12.1. The highest BCUT2D eigenvalue weighted by Gasteiger charge is 2.19. The van der Waals surface area contributed by atoms with Crippen LogP contribution in [-0.2, 0) is 4.74 Å². The van der Waals surface area contributed by atoms with E-state index in [2.05, 4.69) is 10.3 Å². The molecule has 2 rings (SSSR count). The molecular weight excluding hydrogens is 300 g/mol. The number of anilines is 1. The third kappa shape index (κ3) is 3.92. The van der Waals surface area contributed by atoms with Crippen molar-refractivity contribution in [3.8, 4) is 0 Å². The zero-order valence-electron chi connectivity index (χ0n) is 13.0. The van der Waals surface area contributed by atoms with E-state index in [1.807, 2.05) is 19.1 Å². The lowest BCUT2D eigenvalue weighted by Crippen LogP contribution is -2.11. The van der Waals surface area contributed by atoms with E-state index in [4.69, 9.17) is 4.74 Å². The van der Waals surface area contributed by atoms with Crippen LogP contribution in [0.2, 0.25) is 0 Å². The number of carbonyl (C=O) groups is 2. The van der Waals surface area contributed by atoms with E-state index in [0.717, 1.165) is 16.9 Å². The van der Waals surface area contributed by atoms with Crippen LogP contribution in [0.15, 0.2) is 24.3 Å². The Morgan fingerprint density at radius 3 is 2.41 bits per heavy atom. The van der Waals surface area contributed by atoms with Gasteiger partial charge in [0.2, 0.25) is 0 Å². The van der Waals surface area contributed by atoms with E-state index in [1.54, 1.807) is 32.9 Å². The molecule has 0 aliphatic heterocycles. The number of carbonyl (C=O) groups excluding carboxylic acids is 2. The van der Waals surface area contributed by atoms with E-state index < -0.39 is 5.97 Å². The summed E-state index contributed by atoms with van der Waals surface area (Å²) >= 11 is 1.12. The summed E-state index contributed by atoms with van der Waals surface area (Å²) in [7, 11) is 0. The highest BCUT2D eigenvalue weighted by atomic mass is 32.1. The van der Waals surface area contributed by atoms with Gasteiger partial charge in [-0.3, -0.25) is 10.1 Å². The van der Waals surface area contributed by atoms with Gasteiger partial charge in [-0.25, -0.2) is 9.78 Å². The number of thiazole rings is 1. The second-order valence-corrected chi connectivity index (χ2v) is 6.21. The number of nitrogens with zero attached hydrogens (tertiary/aromatic N) is 1. The number of hydrogen-bond acceptors (Lipinski definition) is 5. The first-order valence-corrected chi connectivity index (χ1v) is 7.75. The number of rotatable bonds is 4. The van der Waals surface area contributed by atoms with Gasteiger partial charge in [0.1, 0.15) is 4.88 Å². The van der Waals surface area contributed by atoms with Crippen LogP contribution < -0.4 is 5.32 Å². The third-order valence-corrected chi connectivity index (χ3v) is 3.91. The monoisotopic (exact) mass is 318 g/mol. The molecule has 1 heterocycles. The molecule has 5 nitrogen and oxygen atoms in total. The summed E-state index contributed by atoms with van der Waals surface area (Å²) in [5, 5.41) is 3.10. The number of aromatic nitrogens is 1. The van der Waals surface area contributed by atoms with Crippen molar-refractivity contribution in [3.63, 3.8) is 0 Å². The minimum absolute atomic E-state index is 0.195. The number of esters is 1. The van der Waals surface area contributed by atoms with Crippen LogP contribution in [0.25, 0.3) is 0 Å². The van der Waals surface area contributed by atoms with Crippen LogP contribution in [0, 0.1) is 13.8 Å². The molecule has 116 valence electrons. The number of aryl methyl sites for hydroxylation is 2. The Hall–Kier alpha value is -2.21. The molecule has 0 saturated heterocycles. The lowest BCUT2D eigenvalue weighted by molar-refractivity contribution is 0.0382. The van der Waals surface area contributed by atoms with Crippen molar-refractivity contribution in [3.05, 3.63) is 46.0 Å². The van der Waals surface area contributed by atoms with E-state index in [9.17, 15) is 9.59 Å². The van der Waals surface area contributed by atoms with Crippen molar-refractivity contribution in [2.45, 2.75) is 33.8 Å². The predicted molar refractivity (Wildman–Crippen MR) is 86.5 cm³/mol. The van der Waals surface area contributed by atoms with Crippen molar-refractivity contribution in [1.29, 1.82) is 0 Å². The lowest BCUT2D eigenvalue weighted by atomic mass is 10.1. The highest BCUT2D eigenvalue weighted by Crippen LogP contribution is 2.24. The van der Waals surface area contributed by atoms with Crippen molar-refractivity contribution in [1.82, 2.24) is 4.98 Å². The Balaban J connectivity index is 2.12. The van der Waals surface area contributed by atoms with Gasteiger partial charge in [-0.1, -0.05) is 29.0 Å². The molecular formula is C16H18N2O3S. The summed E-state index contributed by atoms with van der Waals surface area (Å²) < 4.78 is 5.15. The van der Waals surface area contributed by atoms with Crippen molar-refractivity contribution in [2.24, 2.45) is 0 Å². The summed E-state index contributed by atoms with van der Waals surface area (Å²) in [6.07, 6.45) is -0.195. The van der Waals surface area contributed by atoms with Gasteiger partial charge in [0, 0.05) is 5.56 Å². The quantitative estimate of drug-likeness (QED) is 0.875. The third-order valence-electron chi connectivity index (χ3n) is 2.86. The summed E-state index contributed by atoms with van der Waals surface area (Å²) in [4.78, 5) is 28.7. The Bertz CT molecular complexity index is 690. The number of ether oxygens (including phenoxy) is 1. The average Bonchev–Trinajstić information content (AvgIpc) is 2.79. The molecule has 0 bridgehead atoms. The van der Waals surface area contributed by atoms with E-state index in [1.165, 1.54) is 0 Å². The van der Waals surface area contributed by atoms with Gasteiger partial charge in [0.05, 0.1) is 11.8 Å². The number of amides is 1. The molecule has 1 aromatic carbocycles. The summed E-state index contributed by atoms with van der Waals surface area (Å²) in [6, 6.07) is 7.24. The molecule has 2 aromatic rings. The average molecular weight is 318 g/mol. The van der Waals surface area contributed by atoms with Crippen LogP contribution in [0.4, 0.5) is 5.13 Å². The van der Waals surface area contributed by atoms with Gasteiger partial charge in [-0.15, -0.1) is 0 Å². The molecule has 0 saturated carbocycles.